The third-order valence-electron chi connectivity index (χ3n) is 6.34. The fraction of sp³-hybridized carbons (Fsp3) is 0.435. The van der Waals surface area contributed by atoms with Crippen LogP contribution in [0, 0.1) is 0 Å². The third kappa shape index (κ3) is 3.52. The first-order valence-corrected chi connectivity index (χ1v) is 11.1. The summed E-state index contributed by atoms with van der Waals surface area (Å²) in [5.41, 5.74) is 2.23. The molecule has 0 radical (unpaired) electrons. The van der Waals surface area contributed by atoms with Crippen LogP contribution in [0.3, 0.4) is 0 Å². The zero-order chi connectivity index (χ0) is 20.0. The summed E-state index contributed by atoms with van der Waals surface area (Å²) in [6.07, 6.45) is 4.98. The average molecular weight is 431 g/mol. The Kier molecular flexibility index (Phi) is 4.97. The molecule has 3 aliphatic rings. The van der Waals surface area contributed by atoms with Gasteiger partial charge in [0.2, 0.25) is 0 Å². The molecule has 4 nitrogen and oxygen atoms in total. The molecule has 0 unspecified atom stereocenters. The Balaban J connectivity index is 1.38. The summed E-state index contributed by atoms with van der Waals surface area (Å²) >= 11 is 12.4. The van der Waals surface area contributed by atoms with Crippen molar-refractivity contribution in [1.29, 1.82) is 0 Å². The minimum atomic E-state index is -0.763. The van der Waals surface area contributed by atoms with Gasteiger partial charge in [-0.1, -0.05) is 35.3 Å². The second-order valence-corrected chi connectivity index (χ2v) is 9.09. The Bertz CT molecular complexity index is 940. The number of benzene rings is 2. The fourth-order valence-corrected chi connectivity index (χ4v) is 4.76. The van der Waals surface area contributed by atoms with Crippen molar-refractivity contribution in [3.63, 3.8) is 0 Å². The number of anilines is 2. The molecule has 0 aromatic heterocycles. The Labute approximate surface area is 181 Å². The van der Waals surface area contributed by atoms with Crippen molar-refractivity contribution >= 4 is 40.5 Å². The van der Waals surface area contributed by atoms with Gasteiger partial charge in [-0.25, -0.2) is 0 Å². The van der Waals surface area contributed by atoms with Crippen LogP contribution in [-0.2, 0) is 16.1 Å². The summed E-state index contributed by atoms with van der Waals surface area (Å²) in [6.45, 7) is 1.87. The van der Waals surface area contributed by atoms with Crippen LogP contribution in [0.4, 0.5) is 11.4 Å². The summed E-state index contributed by atoms with van der Waals surface area (Å²) in [5.74, 6) is 0.0739. The number of hydrogen-bond acceptors (Lipinski definition) is 3. The molecule has 2 aromatic carbocycles. The highest BCUT2D eigenvalue weighted by molar-refractivity contribution is 6.33. The second kappa shape index (κ2) is 7.50. The third-order valence-corrected chi connectivity index (χ3v) is 6.95. The van der Waals surface area contributed by atoms with Gasteiger partial charge in [-0.05, 0) is 68.0 Å². The maximum Gasteiger partial charge on any atom is 0.259 e. The van der Waals surface area contributed by atoms with E-state index in [4.69, 9.17) is 27.9 Å². The van der Waals surface area contributed by atoms with E-state index in [2.05, 4.69) is 23.1 Å². The first-order chi connectivity index (χ1) is 14.1. The molecule has 1 aliphatic heterocycles. The van der Waals surface area contributed by atoms with E-state index in [1.165, 1.54) is 18.5 Å². The van der Waals surface area contributed by atoms with Crippen molar-refractivity contribution in [2.45, 2.75) is 50.4 Å². The van der Waals surface area contributed by atoms with E-state index in [1.807, 2.05) is 17.0 Å². The van der Waals surface area contributed by atoms with Gasteiger partial charge < -0.3 is 14.5 Å². The molecule has 0 N–H and O–H groups in total. The normalized spacial score (nSPS) is 20.2. The van der Waals surface area contributed by atoms with Crippen LogP contribution in [0.15, 0.2) is 42.5 Å². The number of carbonyl (C=O) groups is 1. The molecule has 0 bridgehead atoms. The van der Waals surface area contributed by atoms with Gasteiger partial charge in [0.15, 0.2) is 0 Å². The number of rotatable bonds is 5. The van der Waals surface area contributed by atoms with E-state index in [1.54, 1.807) is 12.1 Å². The van der Waals surface area contributed by atoms with E-state index in [0.717, 1.165) is 37.1 Å². The molecular weight excluding hydrogens is 407 g/mol. The largest absolute Gasteiger partial charge is 0.365 e. The van der Waals surface area contributed by atoms with Crippen LogP contribution >= 0.6 is 23.2 Å². The highest BCUT2D eigenvalue weighted by Crippen LogP contribution is 2.44. The lowest BCUT2D eigenvalue weighted by Crippen LogP contribution is -2.58. The number of carbonyl (C=O) groups excluding carboxylic acids is 1. The number of amides is 1. The smallest absolute Gasteiger partial charge is 0.259 e. The van der Waals surface area contributed by atoms with Crippen LogP contribution in [0.5, 0.6) is 0 Å². The Morgan fingerprint density at radius 2 is 1.83 bits per heavy atom. The minimum absolute atomic E-state index is 0.0739. The topological polar surface area (TPSA) is 32.8 Å². The lowest BCUT2D eigenvalue weighted by Gasteiger charge is -2.46. The van der Waals surface area contributed by atoms with Crippen LogP contribution < -0.4 is 9.80 Å². The Morgan fingerprint density at radius 1 is 1.07 bits per heavy atom. The van der Waals surface area contributed by atoms with E-state index in [9.17, 15) is 4.79 Å². The van der Waals surface area contributed by atoms with Gasteiger partial charge in [-0.3, -0.25) is 4.79 Å². The molecule has 2 fully saturated rings. The quantitative estimate of drug-likeness (QED) is 0.631. The van der Waals surface area contributed by atoms with Crippen molar-refractivity contribution in [3.05, 3.63) is 58.1 Å². The van der Waals surface area contributed by atoms with Gasteiger partial charge >= 0.3 is 0 Å². The molecule has 2 aromatic rings. The fourth-order valence-electron chi connectivity index (χ4n) is 4.39. The number of halogens is 2. The molecule has 0 atom stereocenters. The summed E-state index contributed by atoms with van der Waals surface area (Å²) in [4.78, 5) is 18.0. The Hall–Kier alpha value is -1.75. The van der Waals surface area contributed by atoms with Crippen molar-refractivity contribution in [2.24, 2.45) is 0 Å². The monoisotopic (exact) mass is 430 g/mol. The van der Waals surface area contributed by atoms with Crippen molar-refractivity contribution < 1.29 is 9.53 Å². The minimum Gasteiger partial charge on any atom is -0.365 e. The predicted molar refractivity (Wildman–Crippen MR) is 117 cm³/mol. The molecule has 152 valence electrons. The van der Waals surface area contributed by atoms with E-state index >= 15 is 0 Å². The standard InChI is InChI=1S/C23H24Cl2N2O2/c24-17-6-9-19(25)16(14-17)15-29-23(10-3-11-23)22(28)27-13-12-26(18-7-8-18)20-4-1-2-5-21(20)27/h1-2,4-6,9,14,18H,3,7-8,10-13,15H2. The number of hydrogen-bond donors (Lipinski definition) is 0. The number of ether oxygens (including phenoxy) is 1. The van der Waals surface area contributed by atoms with Crippen LogP contribution in [0.25, 0.3) is 0 Å². The van der Waals surface area contributed by atoms with Crippen LogP contribution in [0.1, 0.15) is 37.7 Å². The summed E-state index contributed by atoms with van der Waals surface area (Å²) < 4.78 is 6.26. The van der Waals surface area contributed by atoms with E-state index < -0.39 is 5.60 Å². The zero-order valence-corrected chi connectivity index (χ0v) is 17.8. The molecule has 5 rings (SSSR count). The summed E-state index contributed by atoms with van der Waals surface area (Å²) in [6, 6.07) is 14.2. The first kappa shape index (κ1) is 19.2. The lowest BCUT2D eigenvalue weighted by molar-refractivity contribution is -0.160. The molecular formula is C23H24Cl2N2O2. The van der Waals surface area contributed by atoms with E-state index in [-0.39, 0.29) is 12.5 Å². The molecule has 2 aliphatic carbocycles. The van der Waals surface area contributed by atoms with Gasteiger partial charge in [-0.15, -0.1) is 0 Å². The molecule has 29 heavy (non-hydrogen) atoms. The molecule has 0 spiro atoms. The number of para-hydroxylation sites is 2. The number of fused-ring (bicyclic) bond motifs is 1. The summed E-state index contributed by atoms with van der Waals surface area (Å²) in [5, 5.41) is 1.23. The lowest BCUT2D eigenvalue weighted by atomic mass is 9.78. The van der Waals surface area contributed by atoms with Gasteiger partial charge in [0.05, 0.1) is 18.0 Å². The van der Waals surface area contributed by atoms with Gasteiger partial charge in [0.25, 0.3) is 5.91 Å². The molecule has 6 heteroatoms. The van der Waals surface area contributed by atoms with E-state index in [0.29, 0.717) is 22.6 Å². The second-order valence-electron chi connectivity index (χ2n) is 8.24. The molecule has 1 amide bonds. The maximum absolute atomic E-state index is 13.7. The zero-order valence-electron chi connectivity index (χ0n) is 16.2. The maximum atomic E-state index is 13.7. The predicted octanol–water partition coefficient (Wildman–Crippen LogP) is 5.45. The van der Waals surface area contributed by atoms with Crippen molar-refractivity contribution in [1.82, 2.24) is 0 Å². The molecule has 2 saturated carbocycles. The van der Waals surface area contributed by atoms with Crippen molar-refractivity contribution in [3.8, 4) is 0 Å². The van der Waals surface area contributed by atoms with Gasteiger partial charge in [-0.2, -0.15) is 0 Å². The SMILES string of the molecule is O=C(N1CCN(C2CC2)c2ccccc21)C1(OCc2cc(Cl)ccc2Cl)CCC1. The molecule has 1 heterocycles. The van der Waals surface area contributed by atoms with Gasteiger partial charge in [0, 0.05) is 29.2 Å². The molecule has 0 saturated heterocycles. The van der Waals surface area contributed by atoms with Crippen molar-refractivity contribution in [2.75, 3.05) is 22.9 Å². The van der Waals surface area contributed by atoms with Gasteiger partial charge in [0.1, 0.15) is 5.60 Å². The Morgan fingerprint density at radius 3 is 2.52 bits per heavy atom. The summed E-state index contributed by atoms with van der Waals surface area (Å²) in [7, 11) is 0. The van der Waals surface area contributed by atoms with Crippen LogP contribution in [0.2, 0.25) is 10.0 Å². The highest BCUT2D eigenvalue weighted by atomic mass is 35.5. The first-order valence-electron chi connectivity index (χ1n) is 10.3. The highest BCUT2D eigenvalue weighted by Gasteiger charge is 2.49. The average Bonchev–Trinajstić information content (AvgIpc) is 3.54. The number of nitrogens with zero attached hydrogens (tertiary/aromatic N) is 2. The van der Waals surface area contributed by atoms with Crippen LogP contribution in [-0.4, -0.2) is 30.6 Å².